The van der Waals surface area contributed by atoms with Crippen molar-refractivity contribution in [2.75, 3.05) is 13.1 Å². The standard InChI is InChI=1S/C14H17N/c1-14-8-5-9-15(14)11-13(10-14)12-6-3-2-4-7-12/h2-4,6-7,10H,5,8-9,11H2,1H3/t14-/m0/s1. The van der Waals surface area contributed by atoms with Crippen LogP contribution in [-0.2, 0) is 0 Å². The molecule has 1 fully saturated rings. The molecule has 2 heterocycles. The van der Waals surface area contributed by atoms with Crippen molar-refractivity contribution in [3.63, 3.8) is 0 Å². The van der Waals surface area contributed by atoms with Gasteiger partial charge in [0.2, 0.25) is 0 Å². The second kappa shape index (κ2) is 3.21. The molecule has 1 saturated heterocycles. The van der Waals surface area contributed by atoms with Crippen LogP contribution in [0.25, 0.3) is 5.57 Å². The third kappa shape index (κ3) is 1.42. The smallest absolute Gasteiger partial charge is 0.0373 e. The maximum Gasteiger partial charge on any atom is 0.0373 e. The van der Waals surface area contributed by atoms with Gasteiger partial charge in [-0.2, -0.15) is 0 Å². The van der Waals surface area contributed by atoms with Crippen molar-refractivity contribution in [3.8, 4) is 0 Å². The minimum absolute atomic E-state index is 0.352. The maximum absolute atomic E-state index is 2.61. The first kappa shape index (κ1) is 9.17. The number of fused-ring (bicyclic) bond motifs is 1. The van der Waals surface area contributed by atoms with Crippen LogP contribution in [0.15, 0.2) is 36.4 Å². The van der Waals surface area contributed by atoms with E-state index in [-0.39, 0.29) is 0 Å². The van der Waals surface area contributed by atoms with Crippen LogP contribution in [0.5, 0.6) is 0 Å². The first-order valence-corrected chi connectivity index (χ1v) is 5.80. The molecule has 0 radical (unpaired) electrons. The van der Waals surface area contributed by atoms with Crippen LogP contribution in [0, 0.1) is 0 Å². The van der Waals surface area contributed by atoms with Crippen LogP contribution in [0.2, 0.25) is 0 Å². The van der Waals surface area contributed by atoms with E-state index in [2.05, 4.69) is 48.2 Å². The van der Waals surface area contributed by atoms with E-state index in [0.717, 1.165) is 6.54 Å². The van der Waals surface area contributed by atoms with Gasteiger partial charge in [-0.25, -0.2) is 0 Å². The lowest BCUT2D eigenvalue weighted by atomic mass is 9.98. The Morgan fingerprint density at radius 3 is 2.73 bits per heavy atom. The quantitative estimate of drug-likeness (QED) is 0.672. The largest absolute Gasteiger partial charge is 0.290 e. The molecule has 15 heavy (non-hydrogen) atoms. The van der Waals surface area contributed by atoms with Crippen LogP contribution < -0.4 is 0 Å². The van der Waals surface area contributed by atoms with E-state index in [1.807, 2.05) is 0 Å². The van der Waals surface area contributed by atoms with E-state index in [9.17, 15) is 0 Å². The molecule has 78 valence electrons. The number of nitrogens with zero attached hydrogens (tertiary/aromatic N) is 1. The zero-order valence-corrected chi connectivity index (χ0v) is 9.24. The second-order valence-electron chi connectivity index (χ2n) is 4.92. The highest BCUT2D eigenvalue weighted by atomic mass is 15.2. The summed E-state index contributed by atoms with van der Waals surface area (Å²) in [5.41, 5.74) is 3.26. The average molecular weight is 199 g/mol. The van der Waals surface area contributed by atoms with Gasteiger partial charge in [-0.3, -0.25) is 4.90 Å². The third-order valence-electron chi connectivity index (χ3n) is 3.82. The van der Waals surface area contributed by atoms with Crippen molar-refractivity contribution in [2.45, 2.75) is 25.3 Å². The summed E-state index contributed by atoms with van der Waals surface area (Å²) in [4.78, 5) is 2.61. The van der Waals surface area contributed by atoms with Gasteiger partial charge in [0.25, 0.3) is 0 Å². The lowest BCUT2D eigenvalue weighted by Gasteiger charge is -2.25. The van der Waals surface area contributed by atoms with Crippen molar-refractivity contribution in [2.24, 2.45) is 0 Å². The average Bonchev–Trinajstić information content (AvgIpc) is 2.74. The van der Waals surface area contributed by atoms with Crippen molar-refractivity contribution in [1.82, 2.24) is 4.90 Å². The predicted molar refractivity (Wildman–Crippen MR) is 63.6 cm³/mol. The third-order valence-corrected chi connectivity index (χ3v) is 3.82. The number of benzene rings is 1. The zero-order valence-electron chi connectivity index (χ0n) is 9.24. The molecule has 1 atom stereocenters. The Morgan fingerprint density at radius 2 is 2.00 bits per heavy atom. The Morgan fingerprint density at radius 1 is 1.20 bits per heavy atom. The van der Waals surface area contributed by atoms with Crippen LogP contribution in [-0.4, -0.2) is 23.5 Å². The fraction of sp³-hybridized carbons (Fsp3) is 0.429. The summed E-state index contributed by atoms with van der Waals surface area (Å²) in [6.07, 6.45) is 5.16. The summed E-state index contributed by atoms with van der Waals surface area (Å²) in [6.45, 7) is 4.78. The Kier molecular flexibility index (Phi) is 1.96. The Labute approximate surface area is 91.4 Å². The lowest BCUT2D eigenvalue weighted by molar-refractivity contribution is 0.248. The molecule has 0 spiro atoms. The van der Waals surface area contributed by atoms with E-state index in [4.69, 9.17) is 0 Å². The highest BCUT2D eigenvalue weighted by Gasteiger charge is 2.39. The minimum atomic E-state index is 0.352. The van der Waals surface area contributed by atoms with Crippen molar-refractivity contribution >= 4 is 5.57 Å². The molecule has 1 aromatic carbocycles. The van der Waals surface area contributed by atoms with Crippen LogP contribution >= 0.6 is 0 Å². The molecule has 1 heteroatoms. The first-order valence-electron chi connectivity index (χ1n) is 5.80. The Bertz CT molecular complexity index is 393. The molecule has 0 saturated carbocycles. The van der Waals surface area contributed by atoms with Crippen LogP contribution in [0.4, 0.5) is 0 Å². The molecule has 0 aromatic heterocycles. The lowest BCUT2D eigenvalue weighted by Crippen LogP contribution is -2.34. The SMILES string of the molecule is C[C@]12C=C(c3ccccc3)CN1CCC2. The normalized spacial score (nSPS) is 30.3. The summed E-state index contributed by atoms with van der Waals surface area (Å²) >= 11 is 0. The van der Waals surface area contributed by atoms with Gasteiger partial charge in [-0.05, 0) is 37.4 Å². The highest BCUT2D eigenvalue weighted by Crippen LogP contribution is 2.39. The molecule has 2 aliphatic heterocycles. The van der Waals surface area contributed by atoms with Crippen LogP contribution in [0.3, 0.4) is 0 Å². The van der Waals surface area contributed by atoms with Crippen molar-refractivity contribution < 1.29 is 0 Å². The monoisotopic (exact) mass is 199 g/mol. The van der Waals surface area contributed by atoms with E-state index in [1.165, 1.54) is 30.5 Å². The fourth-order valence-electron chi connectivity index (χ4n) is 2.92. The molecule has 1 aromatic rings. The van der Waals surface area contributed by atoms with Gasteiger partial charge in [0.05, 0.1) is 0 Å². The van der Waals surface area contributed by atoms with Gasteiger partial charge in [0, 0.05) is 12.1 Å². The molecule has 2 aliphatic rings. The maximum atomic E-state index is 2.61. The van der Waals surface area contributed by atoms with E-state index in [0.29, 0.717) is 5.54 Å². The number of rotatable bonds is 1. The van der Waals surface area contributed by atoms with Gasteiger partial charge >= 0.3 is 0 Å². The summed E-state index contributed by atoms with van der Waals surface area (Å²) in [5, 5.41) is 0. The number of hydrogen-bond acceptors (Lipinski definition) is 1. The molecule has 0 N–H and O–H groups in total. The van der Waals surface area contributed by atoms with E-state index in [1.54, 1.807) is 0 Å². The van der Waals surface area contributed by atoms with Gasteiger partial charge in [-0.15, -0.1) is 0 Å². The van der Waals surface area contributed by atoms with Gasteiger partial charge in [0.1, 0.15) is 0 Å². The molecule has 1 nitrogen and oxygen atoms in total. The molecule has 3 rings (SSSR count). The van der Waals surface area contributed by atoms with E-state index >= 15 is 0 Å². The predicted octanol–water partition coefficient (Wildman–Crippen LogP) is 2.94. The Balaban J connectivity index is 1.95. The van der Waals surface area contributed by atoms with Gasteiger partial charge in [0.15, 0.2) is 0 Å². The van der Waals surface area contributed by atoms with E-state index < -0.39 is 0 Å². The highest BCUT2D eigenvalue weighted by molar-refractivity contribution is 5.70. The zero-order chi connectivity index (χ0) is 10.3. The fourth-order valence-corrected chi connectivity index (χ4v) is 2.92. The van der Waals surface area contributed by atoms with Gasteiger partial charge < -0.3 is 0 Å². The molecule has 0 aliphatic carbocycles. The molecule has 0 unspecified atom stereocenters. The van der Waals surface area contributed by atoms with Crippen molar-refractivity contribution in [1.29, 1.82) is 0 Å². The Hall–Kier alpha value is -1.08. The minimum Gasteiger partial charge on any atom is -0.290 e. The molecule has 0 bridgehead atoms. The van der Waals surface area contributed by atoms with Gasteiger partial charge in [-0.1, -0.05) is 36.4 Å². The first-order chi connectivity index (χ1) is 7.28. The summed E-state index contributed by atoms with van der Waals surface area (Å²) < 4.78 is 0. The molecule has 0 amide bonds. The number of hydrogen-bond donors (Lipinski definition) is 0. The molecular weight excluding hydrogens is 182 g/mol. The topological polar surface area (TPSA) is 3.24 Å². The second-order valence-corrected chi connectivity index (χ2v) is 4.92. The summed E-state index contributed by atoms with van der Waals surface area (Å²) in [6, 6.07) is 10.8. The summed E-state index contributed by atoms with van der Waals surface area (Å²) in [5.74, 6) is 0. The van der Waals surface area contributed by atoms with Crippen LogP contribution in [0.1, 0.15) is 25.3 Å². The molecular formula is C14H17N. The van der Waals surface area contributed by atoms with Crippen molar-refractivity contribution in [3.05, 3.63) is 42.0 Å². The summed E-state index contributed by atoms with van der Waals surface area (Å²) in [7, 11) is 0.